The summed E-state index contributed by atoms with van der Waals surface area (Å²) in [5, 5.41) is 0. The molecule has 0 saturated carbocycles. The maximum absolute atomic E-state index is 0. The Morgan fingerprint density at radius 3 is 0.333 bits per heavy atom. The van der Waals surface area contributed by atoms with E-state index in [1.807, 2.05) is 0 Å². The van der Waals surface area contributed by atoms with Crippen LogP contribution in [0.2, 0.25) is 0 Å². The van der Waals surface area contributed by atoms with E-state index in [9.17, 15) is 0 Å². The molecular formula is O4Pb2. The van der Waals surface area contributed by atoms with Gasteiger partial charge in [0.15, 0.2) is 0 Å². The van der Waals surface area contributed by atoms with Crippen molar-refractivity contribution >= 4 is 54.6 Å². The summed E-state index contributed by atoms with van der Waals surface area (Å²) in [6.45, 7) is 0. The predicted octanol–water partition coefficient (Wildman–Crippen LogP) is -1.24. The van der Waals surface area contributed by atoms with Crippen molar-refractivity contribution < 1.29 is 21.9 Å². The molecule has 0 spiro atoms. The quantitative estimate of drug-likeness (QED) is 0.388. The first-order chi connectivity index (χ1) is 0. The average molecular weight is 478 g/mol. The summed E-state index contributed by atoms with van der Waals surface area (Å²) in [6, 6.07) is 0. The van der Waals surface area contributed by atoms with Gasteiger partial charge >= 0.3 is 54.6 Å². The van der Waals surface area contributed by atoms with Gasteiger partial charge in [0.05, 0.1) is 0 Å². The maximum Gasteiger partial charge on any atom is 4.00 e. The Morgan fingerprint density at radius 2 is 0.333 bits per heavy atom. The van der Waals surface area contributed by atoms with Crippen LogP contribution in [0.15, 0.2) is 0 Å². The molecular weight excluding hydrogens is 478 g/mol. The van der Waals surface area contributed by atoms with Crippen LogP contribution in [0.25, 0.3) is 0 Å². The van der Waals surface area contributed by atoms with Gasteiger partial charge in [0.2, 0.25) is 0 Å². The second-order valence-corrected chi connectivity index (χ2v) is 0. The first-order valence-corrected chi connectivity index (χ1v) is 0. The van der Waals surface area contributed by atoms with E-state index in [-0.39, 0.29) is 76.5 Å². The Kier molecular flexibility index (Phi) is 1540. The summed E-state index contributed by atoms with van der Waals surface area (Å²) in [5.74, 6) is 0. The van der Waals surface area contributed by atoms with Crippen molar-refractivity contribution in [3.63, 3.8) is 0 Å². The monoisotopic (exact) mass is 480 g/mol. The van der Waals surface area contributed by atoms with E-state index < -0.39 is 0 Å². The minimum absolute atomic E-state index is 0. The molecule has 0 aliphatic carbocycles. The van der Waals surface area contributed by atoms with Crippen molar-refractivity contribution in [1.29, 1.82) is 0 Å². The minimum atomic E-state index is 0. The van der Waals surface area contributed by atoms with Crippen LogP contribution in [0, 0.1) is 0 Å². The van der Waals surface area contributed by atoms with Gasteiger partial charge in [0.25, 0.3) is 0 Å². The van der Waals surface area contributed by atoms with Gasteiger partial charge in [-0.2, -0.15) is 0 Å². The zero-order chi connectivity index (χ0) is 0. The minimum Gasteiger partial charge on any atom is -2.00 e. The van der Waals surface area contributed by atoms with Crippen LogP contribution >= 0.6 is 0 Å². The molecule has 0 bridgehead atoms. The van der Waals surface area contributed by atoms with Gasteiger partial charge in [-0.05, 0) is 0 Å². The smallest absolute Gasteiger partial charge is 2.00 e. The molecule has 0 radical (unpaired) electrons. The molecule has 4 nitrogen and oxygen atoms in total. The molecule has 6 heteroatoms. The fourth-order valence-electron chi connectivity index (χ4n) is 0. The standard InChI is InChI=1S/4O.2Pb/q4*-2;2*+4. The molecule has 0 amide bonds. The van der Waals surface area contributed by atoms with E-state index in [0.29, 0.717) is 0 Å². The largest absolute Gasteiger partial charge is 4.00 e. The SMILES string of the molecule is [O-2].[O-2].[O-2].[O-2].[Pb+4].[Pb+4]. The van der Waals surface area contributed by atoms with Crippen LogP contribution in [0.4, 0.5) is 0 Å². The molecule has 0 fully saturated rings. The third-order valence-corrected chi connectivity index (χ3v) is 0. The van der Waals surface area contributed by atoms with Crippen LogP contribution in [-0.2, 0) is 21.9 Å². The number of hydrogen-bond donors (Lipinski definition) is 0. The van der Waals surface area contributed by atoms with E-state index in [4.69, 9.17) is 0 Å². The van der Waals surface area contributed by atoms with Crippen LogP contribution < -0.4 is 0 Å². The molecule has 0 aliphatic heterocycles. The molecule has 0 unspecified atom stereocenters. The zero-order valence-electron chi connectivity index (χ0n) is 2.63. The van der Waals surface area contributed by atoms with E-state index in [1.54, 1.807) is 0 Å². The van der Waals surface area contributed by atoms with Gasteiger partial charge in [0.1, 0.15) is 0 Å². The van der Waals surface area contributed by atoms with E-state index >= 15 is 0 Å². The number of hydrogen-bond acceptors (Lipinski definition) is 0. The van der Waals surface area contributed by atoms with Gasteiger partial charge in [-0.1, -0.05) is 0 Å². The molecule has 0 saturated heterocycles. The van der Waals surface area contributed by atoms with Crippen molar-refractivity contribution in [2.75, 3.05) is 0 Å². The van der Waals surface area contributed by atoms with Crippen molar-refractivity contribution in [2.45, 2.75) is 0 Å². The summed E-state index contributed by atoms with van der Waals surface area (Å²) in [6.07, 6.45) is 0. The molecule has 0 heterocycles. The Hall–Kier alpha value is 1.68. The molecule has 0 N–H and O–H groups in total. The van der Waals surface area contributed by atoms with E-state index in [2.05, 4.69) is 0 Å². The molecule has 0 aliphatic rings. The first kappa shape index (κ1) is 121. The van der Waals surface area contributed by atoms with E-state index in [0.717, 1.165) is 0 Å². The predicted molar refractivity (Wildman–Crippen MR) is 14.3 cm³/mol. The van der Waals surface area contributed by atoms with Crippen LogP contribution in [0.3, 0.4) is 0 Å². The van der Waals surface area contributed by atoms with Crippen LogP contribution in [-0.4, -0.2) is 54.6 Å². The van der Waals surface area contributed by atoms with Crippen LogP contribution in [0.1, 0.15) is 0 Å². The van der Waals surface area contributed by atoms with Gasteiger partial charge in [-0.3, -0.25) is 0 Å². The number of rotatable bonds is 0. The fourth-order valence-corrected chi connectivity index (χ4v) is 0. The zero-order valence-corrected chi connectivity index (χ0v) is 10.4. The Labute approximate surface area is 75.9 Å². The summed E-state index contributed by atoms with van der Waals surface area (Å²) in [7, 11) is 0. The van der Waals surface area contributed by atoms with Crippen molar-refractivity contribution in [3.05, 3.63) is 0 Å². The average Bonchev–Trinajstić information content (AvgIpc) is 0. The molecule has 0 aromatic carbocycles. The second-order valence-electron chi connectivity index (χ2n) is 0. The van der Waals surface area contributed by atoms with Crippen molar-refractivity contribution in [1.82, 2.24) is 0 Å². The normalized spacial score (nSPS) is 0. The van der Waals surface area contributed by atoms with Crippen molar-refractivity contribution in [3.8, 4) is 0 Å². The second kappa shape index (κ2) is 76.1. The summed E-state index contributed by atoms with van der Waals surface area (Å²) >= 11 is 0. The Morgan fingerprint density at radius 1 is 0.333 bits per heavy atom. The topological polar surface area (TPSA) is 114 Å². The van der Waals surface area contributed by atoms with Gasteiger partial charge < -0.3 is 21.9 Å². The fraction of sp³-hybridized carbons (Fsp3) is 0. The summed E-state index contributed by atoms with van der Waals surface area (Å²) in [5.41, 5.74) is 0. The van der Waals surface area contributed by atoms with Gasteiger partial charge in [0, 0.05) is 0 Å². The Bertz CT molecular complexity index is 5.51. The summed E-state index contributed by atoms with van der Waals surface area (Å²) < 4.78 is 0. The third-order valence-electron chi connectivity index (χ3n) is 0. The molecule has 0 aromatic rings. The molecule has 32 valence electrons. The van der Waals surface area contributed by atoms with Crippen LogP contribution in [0.5, 0.6) is 0 Å². The van der Waals surface area contributed by atoms with Gasteiger partial charge in [-0.15, -0.1) is 0 Å². The first-order valence-electron chi connectivity index (χ1n) is 0. The van der Waals surface area contributed by atoms with Crippen molar-refractivity contribution in [2.24, 2.45) is 0 Å². The third kappa shape index (κ3) is 44.0. The summed E-state index contributed by atoms with van der Waals surface area (Å²) in [4.78, 5) is 0. The Balaban J connectivity index is 0. The molecule has 6 heavy (non-hydrogen) atoms. The molecule has 0 atom stereocenters. The maximum atomic E-state index is 0. The van der Waals surface area contributed by atoms with E-state index in [1.165, 1.54) is 0 Å². The molecule has 0 rings (SSSR count). The van der Waals surface area contributed by atoms with Gasteiger partial charge in [-0.25, -0.2) is 0 Å². The molecule has 0 aromatic heterocycles.